The number of aromatic nitrogens is 1. The summed E-state index contributed by atoms with van der Waals surface area (Å²) in [6, 6.07) is 8.96. The molecule has 0 radical (unpaired) electrons. The van der Waals surface area contributed by atoms with E-state index in [0.29, 0.717) is 11.9 Å². The number of nitrogens with zero attached hydrogens (tertiary/aromatic N) is 2. The fraction of sp³-hybridized carbons (Fsp3) is 0.368. The molecule has 1 aliphatic heterocycles. The SMILES string of the molecule is Nc1cc(NC2CCCCC2)c2ccc(C3=CC=NC3)cc2n1. The molecule has 2 aliphatic rings. The first-order valence-corrected chi connectivity index (χ1v) is 8.46. The highest BCUT2D eigenvalue weighted by Crippen LogP contribution is 2.30. The van der Waals surface area contributed by atoms with Crippen molar-refractivity contribution in [2.24, 2.45) is 4.99 Å². The van der Waals surface area contributed by atoms with Crippen molar-refractivity contribution in [3.05, 3.63) is 35.9 Å². The van der Waals surface area contributed by atoms with Gasteiger partial charge in [0.2, 0.25) is 0 Å². The number of hydrogen-bond donors (Lipinski definition) is 2. The van der Waals surface area contributed by atoms with Crippen molar-refractivity contribution < 1.29 is 0 Å². The highest BCUT2D eigenvalue weighted by molar-refractivity contribution is 5.97. The predicted molar refractivity (Wildman–Crippen MR) is 98.0 cm³/mol. The summed E-state index contributed by atoms with van der Waals surface area (Å²) in [5.74, 6) is 0.574. The van der Waals surface area contributed by atoms with E-state index < -0.39 is 0 Å². The molecule has 0 atom stereocenters. The number of rotatable bonds is 3. The highest BCUT2D eigenvalue weighted by Gasteiger charge is 2.15. The quantitative estimate of drug-likeness (QED) is 0.900. The first-order valence-electron chi connectivity index (χ1n) is 8.46. The summed E-state index contributed by atoms with van der Waals surface area (Å²) in [5, 5.41) is 4.84. The molecular formula is C19H22N4. The van der Waals surface area contributed by atoms with Crippen LogP contribution in [-0.2, 0) is 0 Å². The van der Waals surface area contributed by atoms with Crippen LogP contribution in [0.2, 0.25) is 0 Å². The Balaban J connectivity index is 1.69. The van der Waals surface area contributed by atoms with Crippen molar-refractivity contribution in [1.29, 1.82) is 0 Å². The van der Waals surface area contributed by atoms with Gasteiger partial charge in [0.05, 0.1) is 12.1 Å². The normalized spacial score (nSPS) is 18.3. The number of allylic oxidation sites excluding steroid dienone is 1. The van der Waals surface area contributed by atoms with E-state index >= 15 is 0 Å². The molecular weight excluding hydrogens is 284 g/mol. The van der Waals surface area contributed by atoms with Gasteiger partial charge in [0.1, 0.15) is 5.82 Å². The van der Waals surface area contributed by atoms with Crippen LogP contribution >= 0.6 is 0 Å². The molecule has 2 heterocycles. The topological polar surface area (TPSA) is 63.3 Å². The van der Waals surface area contributed by atoms with E-state index in [-0.39, 0.29) is 0 Å². The third-order valence-corrected chi connectivity index (χ3v) is 4.81. The minimum absolute atomic E-state index is 0.555. The number of fused-ring (bicyclic) bond motifs is 1. The van der Waals surface area contributed by atoms with Gasteiger partial charge in [0.25, 0.3) is 0 Å². The maximum Gasteiger partial charge on any atom is 0.126 e. The second-order valence-corrected chi connectivity index (χ2v) is 6.49. The van der Waals surface area contributed by atoms with Crippen LogP contribution < -0.4 is 11.1 Å². The largest absolute Gasteiger partial charge is 0.384 e. The third-order valence-electron chi connectivity index (χ3n) is 4.81. The van der Waals surface area contributed by atoms with Crippen LogP contribution in [0.15, 0.2) is 35.3 Å². The van der Waals surface area contributed by atoms with Crippen molar-refractivity contribution in [1.82, 2.24) is 4.98 Å². The summed E-state index contributed by atoms with van der Waals surface area (Å²) < 4.78 is 0. The number of benzene rings is 1. The molecule has 0 spiro atoms. The maximum atomic E-state index is 6.04. The van der Waals surface area contributed by atoms with E-state index in [4.69, 9.17) is 5.73 Å². The van der Waals surface area contributed by atoms with E-state index in [1.807, 2.05) is 12.3 Å². The second-order valence-electron chi connectivity index (χ2n) is 6.49. The number of nitrogens with one attached hydrogen (secondary N) is 1. The Morgan fingerprint density at radius 3 is 2.74 bits per heavy atom. The fourth-order valence-electron chi connectivity index (χ4n) is 3.57. The summed E-state index contributed by atoms with van der Waals surface area (Å²) in [6.07, 6.45) is 10.4. The molecule has 1 aromatic carbocycles. The van der Waals surface area contributed by atoms with Gasteiger partial charge in [-0.2, -0.15) is 0 Å². The predicted octanol–water partition coefficient (Wildman–Crippen LogP) is 4.03. The highest BCUT2D eigenvalue weighted by atomic mass is 14.9. The van der Waals surface area contributed by atoms with Crippen LogP contribution in [-0.4, -0.2) is 23.8 Å². The monoisotopic (exact) mass is 306 g/mol. The van der Waals surface area contributed by atoms with Crippen molar-refractivity contribution >= 4 is 34.2 Å². The van der Waals surface area contributed by atoms with Crippen molar-refractivity contribution in [2.45, 2.75) is 38.1 Å². The molecule has 118 valence electrons. The number of nitrogens with two attached hydrogens (primary N) is 1. The summed E-state index contributed by atoms with van der Waals surface area (Å²) in [7, 11) is 0. The Bertz CT molecular complexity index is 785. The molecule has 4 rings (SSSR count). The van der Waals surface area contributed by atoms with Gasteiger partial charge < -0.3 is 11.1 Å². The van der Waals surface area contributed by atoms with Crippen LogP contribution in [0.5, 0.6) is 0 Å². The Labute approximate surface area is 136 Å². The van der Waals surface area contributed by atoms with E-state index in [9.17, 15) is 0 Å². The van der Waals surface area contributed by atoms with Gasteiger partial charge in [-0.1, -0.05) is 31.4 Å². The van der Waals surface area contributed by atoms with Gasteiger partial charge in [-0.05, 0) is 36.1 Å². The molecule has 1 saturated carbocycles. The van der Waals surface area contributed by atoms with Gasteiger partial charge >= 0.3 is 0 Å². The van der Waals surface area contributed by atoms with Crippen LogP contribution in [0, 0.1) is 0 Å². The van der Waals surface area contributed by atoms with E-state index in [1.165, 1.54) is 43.2 Å². The zero-order chi connectivity index (χ0) is 15.6. The Hall–Kier alpha value is -2.36. The van der Waals surface area contributed by atoms with Gasteiger partial charge in [-0.25, -0.2) is 4.98 Å². The molecule has 0 unspecified atom stereocenters. The smallest absolute Gasteiger partial charge is 0.126 e. The standard InChI is InChI=1S/C19H22N4/c20-19-11-18(22-15-4-2-1-3-5-15)16-7-6-13(10-17(16)23-19)14-8-9-21-12-14/h6-11,15H,1-5,12H2,(H3,20,22,23). The summed E-state index contributed by atoms with van der Waals surface area (Å²) in [5.41, 5.74) is 10.5. The summed E-state index contributed by atoms with van der Waals surface area (Å²) in [6.45, 7) is 0.751. The van der Waals surface area contributed by atoms with Gasteiger partial charge in [0.15, 0.2) is 0 Å². The Morgan fingerprint density at radius 1 is 1.09 bits per heavy atom. The average molecular weight is 306 g/mol. The minimum atomic E-state index is 0.555. The molecule has 0 bridgehead atoms. The van der Waals surface area contributed by atoms with E-state index in [0.717, 1.165) is 23.1 Å². The van der Waals surface area contributed by atoms with Gasteiger partial charge in [-0.3, -0.25) is 4.99 Å². The minimum Gasteiger partial charge on any atom is -0.384 e. The van der Waals surface area contributed by atoms with Crippen LogP contribution in [0.25, 0.3) is 16.5 Å². The lowest BCUT2D eigenvalue weighted by Crippen LogP contribution is -2.22. The first-order chi connectivity index (χ1) is 11.3. The molecule has 3 N–H and O–H groups in total. The Kier molecular flexibility index (Phi) is 3.74. The number of nitrogen functional groups attached to an aromatic ring is 1. The van der Waals surface area contributed by atoms with Crippen molar-refractivity contribution in [3.8, 4) is 0 Å². The lowest BCUT2D eigenvalue weighted by Gasteiger charge is -2.24. The van der Waals surface area contributed by atoms with Gasteiger partial charge in [-0.15, -0.1) is 0 Å². The molecule has 1 aliphatic carbocycles. The van der Waals surface area contributed by atoms with E-state index in [2.05, 4.69) is 39.6 Å². The van der Waals surface area contributed by atoms with Crippen LogP contribution in [0.3, 0.4) is 0 Å². The molecule has 4 nitrogen and oxygen atoms in total. The maximum absolute atomic E-state index is 6.04. The van der Waals surface area contributed by atoms with Crippen molar-refractivity contribution in [2.75, 3.05) is 17.6 Å². The zero-order valence-electron chi connectivity index (χ0n) is 13.3. The third kappa shape index (κ3) is 2.93. The molecule has 1 aromatic heterocycles. The number of aliphatic imine (C=N–C) groups is 1. The first kappa shape index (κ1) is 14.2. The summed E-state index contributed by atoms with van der Waals surface area (Å²) >= 11 is 0. The molecule has 4 heteroatoms. The number of pyridine rings is 1. The van der Waals surface area contributed by atoms with Gasteiger partial charge in [0, 0.05) is 29.4 Å². The molecule has 23 heavy (non-hydrogen) atoms. The number of anilines is 2. The lowest BCUT2D eigenvalue weighted by atomic mass is 9.95. The second kappa shape index (κ2) is 6.03. The molecule has 0 amide bonds. The summed E-state index contributed by atoms with van der Waals surface area (Å²) in [4.78, 5) is 8.79. The molecule has 1 fully saturated rings. The Morgan fingerprint density at radius 2 is 1.96 bits per heavy atom. The van der Waals surface area contributed by atoms with Crippen LogP contribution in [0.4, 0.5) is 11.5 Å². The average Bonchev–Trinajstić information content (AvgIpc) is 3.09. The van der Waals surface area contributed by atoms with E-state index in [1.54, 1.807) is 0 Å². The molecule has 2 aromatic rings. The fourth-order valence-corrected chi connectivity index (χ4v) is 3.57. The van der Waals surface area contributed by atoms with Crippen LogP contribution in [0.1, 0.15) is 37.7 Å². The number of hydrogen-bond acceptors (Lipinski definition) is 4. The molecule has 0 saturated heterocycles. The van der Waals surface area contributed by atoms with Crippen molar-refractivity contribution in [3.63, 3.8) is 0 Å². The lowest BCUT2D eigenvalue weighted by molar-refractivity contribution is 0.463. The zero-order valence-corrected chi connectivity index (χ0v) is 13.3.